The maximum absolute atomic E-state index is 10.9. The number of carboxylic acid groups (broad SMARTS) is 1. The number of aromatic carboxylic acids is 1. The highest BCUT2D eigenvalue weighted by molar-refractivity contribution is 5.87. The van der Waals surface area contributed by atoms with E-state index in [1.807, 2.05) is 0 Å². The number of hydrogen-bond donors (Lipinski definition) is 4. The van der Waals surface area contributed by atoms with Gasteiger partial charge in [-0.15, -0.1) is 0 Å². The fraction of sp³-hybridized carbons (Fsp3) is 0.467. The Morgan fingerprint density at radius 1 is 1.32 bits per heavy atom. The van der Waals surface area contributed by atoms with Crippen LogP contribution in [0.1, 0.15) is 22.8 Å². The summed E-state index contributed by atoms with van der Waals surface area (Å²) in [4.78, 5) is 21.6. The fourth-order valence-electron chi connectivity index (χ4n) is 2.30. The third-order valence-electron chi connectivity index (χ3n) is 3.60. The number of aliphatic hydroxyl groups is 1. The number of aliphatic hydroxyl groups excluding tert-OH is 1. The van der Waals surface area contributed by atoms with Gasteiger partial charge in [0.1, 0.15) is 6.10 Å². The van der Waals surface area contributed by atoms with Gasteiger partial charge >= 0.3 is 5.97 Å². The van der Waals surface area contributed by atoms with Crippen molar-refractivity contribution in [1.82, 2.24) is 10.6 Å². The molecule has 1 fully saturated rings. The second-order valence-corrected chi connectivity index (χ2v) is 5.29. The van der Waals surface area contributed by atoms with Gasteiger partial charge in [-0.2, -0.15) is 0 Å². The van der Waals surface area contributed by atoms with Gasteiger partial charge in [-0.05, 0) is 17.7 Å². The summed E-state index contributed by atoms with van der Waals surface area (Å²) in [6.45, 7) is 2.55. The summed E-state index contributed by atoms with van der Waals surface area (Å²) in [6.07, 6.45) is -1.12. The molecule has 1 aromatic carbocycles. The van der Waals surface area contributed by atoms with Crippen LogP contribution in [-0.4, -0.2) is 53.5 Å². The Kier molecular flexibility index (Phi) is 5.48. The number of ether oxygens (including phenoxy) is 1. The van der Waals surface area contributed by atoms with Crippen LogP contribution in [-0.2, 0) is 16.1 Å². The van der Waals surface area contributed by atoms with Gasteiger partial charge in [-0.1, -0.05) is 12.1 Å². The van der Waals surface area contributed by atoms with Crippen molar-refractivity contribution in [1.29, 1.82) is 0 Å². The number of hydrogen-bond acceptors (Lipinski definition) is 5. The van der Waals surface area contributed by atoms with Crippen molar-refractivity contribution < 1.29 is 24.5 Å². The molecule has 22 heavy (non-hydrogen) atoms. The average molecular weight is 308 g/mol. The molecular weight excluding hydrogens is 288 g/mol. The standard InChI is InChI=1S/C15H20N2O5/c1-9(18)16-7-13-14(19)12(8-22-13)17-6-10-2-4-11(5-3-10)15(20)21/h2-5,12-14,17,19H,6-8H2,1H3,(H,16,18)(H,20,21)/t12-,13-,14+/m1/s1. The normalized spacial score (nSPS) is 24.2. The topological polar surface area (TPSA) is 108 Å². The lowest BCUT2D eigenvalue weighted by Crippen LogP contribution is -2.44. The Balaban J connectivity index is 1.82. The van der Waals surface area contributed by atoms with E-state index in [1.54, 1.807) is 24.3 Å². The molecule has 4 N–H and O–H groups in total. The molecule has 2 rings (SSSR count). The van der Waals surface area contributed by atoms with Crippen LogP contribution < -0.4 is 10.6 Å². The van der Waals surface area contributed by atoms with Gasteiger partial charge in [0.2, 0.25) is 5.91 Å². The largest absolute Gasteiger partial charge is 0.478 e. The number of rotatable bonds is 6. The van der Waals surface area contributed by atoms with Gasteiger partial charge < -0.3 is 25.6 Å². The minimum atomic E-state index is -0.958. The molecule has 0 saturated carbocycles. The molecule has 1 aliphatic rings. The van der Waals surface area contributed by atoms with Gasteiger partial charge in [0, 0.05) is 20.0 Å². The minimum absolute atomic E-state index is 0.161. The number of carbonyl (C=O) groups excluding carboxylic acids is 1. The van der Waals surface area contributed by atoms with Crippen molar-refractivity contribution in [2.45, 2.75) is 31.7 Å². The van der Waals surface area contributed by atoms with E-state index in [9.17, 15) is 14.7 Å². The van der Waals surface area contributed by atoms with E-state index in [0.717, 1.165) is 5.56 Å². The highest BCUT2D eigenvalue weighted by Crippen LogP contribution is 2.15. The van der Waals surface area contributed by atoms with Crippen LogP contribution in [0.25, 0.3) is 0 Å². The first-order valence-electron chi connectivity index (χ1n) is 7.07. The molecule has 3 atom stereocenters. The quantitative estimate of drug-likeness (QED) is 0.577. The van der Waals surface area contributed by atoms with E-state index in [0.29, 0.717) is 13.2 Å². The first kappa shape index (κ1) is 16.4. The van der Waals surface area contributed by atoms with Crippen molar-refractivity contribution in [3.8, 4) is 0 Å². The van der Waals surface area contributed by atoms with Crippen LogP contribution in [0.4, 0.5) is 0 Å². The van der Waals surface area contributed by atoms with Gasteiger partial charge in [0.25, 0.3) is 0 Å². The number of benzene rings is 1. The lowest BCUT2D eigenvalue weighted by Gasteiger charge is -2.18. The molecule has 0 radical (unpaired) electrons. The average Bonchev–Trinajstić information content (AvgIpc) is 2.84. The molecule has 1 saturated heterocycles. The van der Waals surface area contributed by atoms with E-state index < -0.39 is 18.2 Å². The van der Waals surface area contributed by atoms with Crippen LogP contribution in [0.5, 0.6) is 0 Å². The summed E-state index contributed by atoms with van der Waals surface area (Å²) in [5, 5.41) is 24.8. The molecule has 1 amide bonds. The Morgan fingerprint density at radius 3 is 2.59 bits per heavy atom. The van der Waals surface area contributed by atoms with Gasteiger partial charge in [0.05, 0.1) is 24.3 Å². The maximum Gasteiger partial charge on any atom is 0.335 e. The summed E-state index contributed by atoms with van der Waals surface area (Å²) in [6, 6.07) is 6.32. The van der Waals surface area contributed by atoms with E-state index in [1.165, 1.54) is 6.92 Å². The summed E-state index contributed by atoms with van der Waals surface area (Å²) >= 11 is 0. The monoisotopic (exact) mass is 308 g/mol. The van der Waals surface area contributed by atoms with E-state index in [-0.39, 0.29) is 24.1 Å². The van der Waals surface area contributed by atoms with Crippen LogP contribution >= 0.6 is 0 Å². The molecule has 0 aliphatic carbocycles. The third-order valence-corrected chi connectivity index (χ3v) is 3.60. The lowest BCUT2D eigenvalue weighted by molar-refractivity contribution is -0.119. The Bertz CT molecular complexity index is 531. The molecule has 1 aliphatic heterocycles. The first-order valence-corrected chi connectivity index (χ1v) is 7.07. The number of nitrogens with one attached hydrogen (secondary N) is 2. The third kappa shape index (κ3) is 4.27. The van der Waals surface area contributed by atoms with Gasteiger partial charge in [0.15, 0.2) is 0 Å². The van der Waals surface area contributed by atoms with Crippen molar-refractivity contribution in [3.63, 3.8) is 0 Å². The summed E-state index contributed by atoms with van der Waals surface area (Å²) < 4.78 is 5.46. The maximum atomic E-state index is 10.9. The highest BCUT2D eigenvalue weighted by Gasteiger charge is 2.35. The molecule has 7 heteroatoms. The summed E-state index contributed by atoms with van der Waals surface area (Å²) in [5.74, 6) is -1.12. The number of amides is 1. The molecule has 0 unspecified atom stereocenters. The first-order chi connectivity index (χ1) is 10.5. The highest BCUT2D eigenvalue weighted by atomic mass is 16.5. The summed E-state index contributed by atoms with van der Waals surface area (Å²) in [7, 11) is 0. The Morgan fingerprint density at radius 2 is 2.00 bits per heavy atom. The minimum Gasteiger partial charge on any atom is -0.478 e. The van der Waals surface area contributed by atoms with Crippen molar-refractivity contribution >= 4 is 11.9 Å². The van der Waals surface area contributed by atoms with Crippen LogP contribution in [0.2, 0.25) is 0 Å². The second-order valence-electron chi connectivity index (χ2n) is 5.29. The Hall–Kier alpha value is -1.96. The lowest BCUT2D eigenvalue weighted by atomic mass is 10.1. The smallest absolute Gasteiger partial charge is 0.335 e. The molecule has 7 nitrogen and oxygen atoms in total. The predicted molar refractivity (Wildman–Crippen MR) is 78.5 cm³/mol. The van der Waals surface area contributed by atoms with Crippen molar-refractivity contribution in [3.05, 3.63) is 35.4 Å². The Labute approximate surface area is 128 Å². The summed E-state index contributed by atoms with van der Waals surface area (Å²) in [5.41, 5.74) is 1.16. The van der Waals surface area contributed by atoms with Crippen molar-refractivity contribution in [2.24, 2.45) is 0 Å². The second kappa shape index (κ2) is 7.35. The zero-order valence-corrected chi connectivity index (χ0v) is 12.3. The zero-order chi connectivity index (χ0) is 16.1. The molecule has 0 bridgehead atoms. The predicted octanol–water partition coefficient (Wildman–Crippen LogP) is -0.261. The van der Waals surface area contributed by atoms with Crippen LogP contribution in [0.3, 0.4) is 0 Å². The van der Waals surface area contributed by atoms with E-state index >= 15 is 0 Å². The molecule has 1 heterocycles. The van der Waals surface area contributed by atoms with Crippen LogP contribution in [0, 0.1) is 0 Å². The van der Waals surface area contributed by atoms with Crippen molar-refractivity contribution in [2.75, 3.05) is 13.2 Å². The fourth-order valence-corrected chi connectivity index (χ4v) is 2.30. The number of carbonyl (C=O) groups is 2. The van der Waals surface area contributed by atoms with E-state index in [2.05, 4.69) is 10.6 Å². The SMILES string of the molecule is CC(=O)NC[C@H]1OC[C@@H](NCc2ccc(C(=O)O)cc2)[C@@H]1O. The molecule has 0 aromatic heterocycles. The van der Waals surface area contributed by atoms with Gasteiger partial charge in [-0.3, -0.25) is 4.79 Å². The molecule has 1 aromatic rings. The van der Waals surface area contributed by atoms with Gasteiger partial charge in [-0.25, -0.2) is 4.79 Å². The van der Waals surface area contributed by atoms with E-state index in [4.69, 9.17) is 9.84 Å². The molecular formula is C15H20N2O5. The molecule has 0 spiro atoms. The van der Waals surface area contributed by atoms with Crippen LogP contribution in [0.15, 0.2) is 24.3 Å². The molecule has 120 valence electrons. The zero-order valence-electron chi connectivity index (χ0n) is 12.3. The number of carboxylic acids is 1.